The average Bonchev–Trinajstić information content (AvgIpc) is 2.14. The van der Waals surface area contributed by atoms with Crippen LogP contribution in [-0.4, -0.2) is 5.91 Å². The Morgan fingerprint density at radius 2 is 1.71 bits per heavy atom. The minimum absolute atomic E-state index is 0.0265. The molecule has 0 heterocycles. The van der Waals surface area contributed by atoms with Crippen LogP contribution < -0.4 is 10.9 Å². The van der Waals surface area contributed by atoms with Crippen molar-refractivity contribution in [1.29, 1.82) is 0 Å². The van der Waals surface area contributed by atoms with Crippen molar-refractivity contribution >= 4 is 11.6 Å². The van der Waals surface area contributed by atoms with Gasteiger partial charge in [-0.1, -0.05) is 39.0 Å². The molecule has 1 aromatic rings. The molecular weight excluding hydrogens is 176 g/mol. The Hall–Kier alpha value is -1.51. The molecule has 14 heavy (non-hydrogen) atoms. The van der Waals surface area contributed by atoms with E-state index < -0.39 is 0 Å². The summed E-state index contributed by atoms with van der Waals surface area (Å²) >= 11 is 0. The van der Waals surface area contributed by atoms with Crippen molar-refractivity contribution in [3.63, 3.8) is 0 Å². The summed E-state index contributed by atoms with van der Waals surface area (Å²) in [6, 6.07) is 9.53. The van der Waals surface area contributed by atoms with E-state index in [1.807, 2.05) is 51.1 Å². The van der Waals surface area contributed by atoms with Crippen LogP contribution in [0.25, 0.3) is 0 Å². The molecule has 0 bridgehead atoms. The zero-order chi connectivity index (χ0) is 10.6. The lowest BCUT2D eigenvalue weighted by molar-refractivity contribution is -0.127. The van der Waals surface area contributed by atoms with Crippen molar-refractivity contribution in [1.82, 2.24) is 5.43 Å². The second-order valence-corrected chi connectivity index (χ2v) is 4.20. The number of hydrogen-bond acceptors (Lipinski definition) is 2. The predicted octanol–water partition coefficient (Wildman–Crippen LogP) is 2.18. The maximum Gasteiger partial charge on any atom is 0.243 e. The van der Waals surface area contributed by atoms with Crippen molar-refractivity contribution in [3.8, 4) is 0 Å². The van der Waals surface area contributed by atoms with Gasteiger partial charge in [0.05, 0.1) is 5.69 Å². The number of hydrazine groups is 1. The van der Waals surface area contributed by atoms with Gasteiger partial charge < -0.3 is 0 Å². The number of nitrogens with one attached hydrogen (secondary N) is 2. The standard InChI is InChI=1S/C11H16N2O/c1-11(2,3)10(14)13-12-9-7-5-4-6-8-9/h4-8,12H,1-3H3,(H,13,14). The number of benzene rings is 1. The van der Waals surface area contributed by atoms with Crippen LogP contribution in [0.2, 0.25) is 0 Å². The van der Waals surface area contributed by atoms with Crippen molar-refractivity contribution < 1.29 is 4.79 Å². The van der Waals surface area contributed by atoms with E-state index in [2.05, 4.69) is 10.9 Å². The van der Waals surface area contributed by atoms with Crippen molar-refractivity contribution in [2.75, 3.05) is 5.43 Å². The fraction of sp³-hybridized carbons (Fsp3) is 0.364. The summed E-state index contributed by atoms with van der Waals surface area (Å²) < 4.78 is 0. The van der Waals surface area contributed by atoms with E-state index >= 15 is 0 Å². The van der Waals surface area contributed by atoms with E-state index in [1.54, 1.807) is 0 Å². The molecule has 1 amide bonds. The van der Waals surface area contributed by atoms with Crippen LogP contribution in [0.1, 0.15) is 20.8 Å². The normalized spacial score (nSPS) is 10.8. The van der Waals surface area contributed by atoms with Crippen LogP contribution >= 0.6 is 0 Å². The third-order valence-electron chi connectivity index (χ3n) is 1.78. The summed E-state index contributed by atoms with van der Waals surface area (Å²) in [7, 11) is 0. The van der Waals surface area contributed by atoms with Crippen LogP contribution in [0.15, 0.2) is 30.3 Å². The van der Waals surface area contributed by atoms with Gasteiger partial charge in [0.1, 0.15) is 0 Å². The zero-order valence-electron chi connectivity index (χ0n) is 8.79. The van der Waals surface area contributed by atoms with Gasteiger partial charge >= 0.3 is 0 Å². The van der Waals surface area contributed by atoms with Gasteiger partial charge in [-0.3, -0.25) is 15.6 Å². The molecule has 0 unspecified atom stereocenters. The number of carbonyl (C=O) groups is 1. The van der Waals surface area contributed by atoms with Crippen molar-refractivity contribution in [3.05, 3.63) is 30.3 Å². The zero-order valence-corrected chi connectivity index (χ0v) is 8.79. The van der Waals surface area contributed by atoms with Crippen molar-refractivity contribution in [2.45, 2.75) is 20.8 Å². The largest absolute Gasteiger partial charge is 0.299 e. The van der Waals surface area contributed by atoms with Gasteiger partial charge in [-0.05, 0) is 12.1 Å². The number of hydrogen-bond donors (Lipinski definition) is 2. The van der Waals surface area contributed by atoms with Crippen LogP contribution in [0.5, 0.6) is 0 Å². The molecule has 0 aliphatic heterocycles. The smallest absolute Gasteiger partial charge is 0.243 e. The highest BCUT2D eigenvalue weighted by Gasteiger charge is 2.20. The lowest BCUT2D eigenvalue weighted by atomic mass is 9.96. The first-order chi connectivity index (χ1) is 6.50. The van der Waals surface area contributed by atoms with E-state index in [4.69, 9.17) is 0 Å². The lowest BCUT2D eigenvalue weighted by Gasteiger charge is -2.18. The fourth-order valence-corrected chi connectivity index (χ4v) is 0.838. The minimum Gasteiger partial charge on any atom is -0.299 e. The third-order valence-corrected chi connectivity index (χ3v) is 1.78. The second-order valence-electron chi connectivity index (χ2n) is 4.20. The fourth-order valence-electron chi connectivity index (χ4n) is 0.838. The predicted molar refractivity (Wildman–Crippen MR) is 57.7 cm³/mol. The van der Waals surface area contributed by atoms with E-state index in [0.29, 0.717) is 0 Å². The Balaban J connectivity index is 2.46. The monoisotopic (exact) mass is 192 g/mol. The molecule has 0 aromatic heterocycles. The Kier molecular flexibility index (Phi) is 3.12. The Labute approximate surface area is 84.5 Å². The third kappa shape index (κ3) is 3.09. The van der Waals surface area contributed by atoms with Gasteiger partial charge in [0.2, 0.25) is 5.91 Å². The van der Waals surface area contributed by atoms with E-state index in [1.165, 1.54) is 0 Å². The summed E-state index contributed by atoms with van der Waals surface area (Å²) in [6.07, 6.45) is 0. The summed E-state index contributed by atoms with van der Waals surface area (Å²) in [5.74, 6) is -0.0265. The van der Waals surface area contributed by atoms with Crippen LogP contribution in [-0.2, 0) is 4.79 Å². The Bertz CT molecular complexity index is 301. The molecule has 2 N–H and O–H groups in total. The topological polar surface area (TPSA) is 41.1 Å². The molecule has 0 atom stereocenters. The number of rotatable bonds is 2. The van der Waals surface area contributed by atoms with Crippen LogP contribution in [0.3, 0.4) is 0 Å². The first kappa shape index (κ1) is 10.6. The quantitative estimate of drug-likeness (QED) is 0.705. The van der Waals surface area contributed by atoms with Gasteiger partial charge in [-0.15, -0.1) is 0 Å². The number of carbonyl (C=O) groups excluding carboxylic acids is 1. The highest BCUT2D eigenvalue weighted by Crippen LogP contribution is 2.12. The van der Waals surface area contributed by atoms with Gasteiger partial charge in [-0.25, -0.2) is 0 Å². The Morgan fingerprint density at radius 1 is 1.14 bits per heavy atom. The van der Waals surface area contributed by atoms with Gasteiger partial charge in [-0.2, -0.15) is 0 Å². The van der Waals surface area contributed by atoms with E-state index in [0.717, 1.165) is 5.69 Å². The maximum absolute atomic E-state index is 11.5. The average molecular weight is 192 g/mol. The second kappa shape index (κ2) is 4.13. The molecule has 0 aliphatic carbocycles. The molecule has 0 spiro atoms. The molecular formula is C11H16N2O. The summed E-state index contributed by atoms with van der Waals surface area (Å²) in [4.78, 5) is 11.5. The van der Waals surface area contributed by atoms with Crippen molar-refractivity contribution in [2.24, 2.45) is 5.41 Å². The Morgan fingerprint density at radius 3 is 2.21 bits per heavy atom. The molecule has 0 saturated carbocycles. The SMILES string of the molecule is CC(C)(C)C(=O)NNc1ccccc1. The van der Waals surface area contributed by atoms with Crippen LogP contribution in [0, 0.1) is 5.41 Å². The van der Waals surface area contributed by atoms with Gasteiger partial charge in [0.25, 0.3) is 0 Å². The van der Waals surface area contributed by atoms with Gasteiger partial charge in [0, 0.05) is 5.41 Å². The molecule has 1 rings (SSSR count). The molecule has 0 fully saturated rings. The molecule has 1 aromatic carbocycles. The van der Waals surface area contributed by atoms with Crippen LogP contribution in [0.4, 0.5) is 5.69 Å². The van der Waals surface area contributed by atoms with E-state index in [9.17, 15) is 4.79 Å². The maximum atomic E-state index is 11.5. The summed E-state index contributed by atoms with van der Waals surface area (Å²) in [5.41, 5.74) is 6.01. The highest BCUT2D eigenvalue weighted by molar-refractivity contribution is 5.82. The summed E-state index contributed by atoms with van der Waals surface area (Å²) in [6.45, 7) is 5.61. The summed E-state index contributed by atoms with van der Waals surface area (Å²) in [5, 5.41) is 0. The number of amides is 1. The molecule has 3 heteroatoms. The number of para-hydroxylation sites is 1. The first-order valence-electron chi connectivity index (χ1n) is 4.61. The minimum atomic E-state index is -0.373. The van der Waals surface area contributed by atoms with Gasteiger partial charge in [0.15, 0.2) is 0 Å². The number of anilines is 1. The molecule has 0 aliphatic rings. The molecule has 3 nitrogen and oxygen atoms in total. The lowest BCUT2D eigenvalue weighted by Crippen LogP contribution is -2.38. The first-order valence-corrected chi connectivity index (χ1v) is 4.61. The van der Waals surface area contributed by atoms with E-state index in [-0.39, 0.29) is 11.3 Å². The molecule has 0 radical (unpaired) electrons. The molecule has 76 valence electrons. The highest BCUT2D eigenvalue weighted by atomic mass is 16.2. The molecule has 0 saturated heterocycles.